The van der Waals surface area contributed by atoms with Gasteiger partial charge >= 0.3 is 0 Å². The molecule has 3 heteroatoms. The van der Waals surface area contributed by atoms with E-state index in [2.05, 4.69) is 15.9 Å². The van der Waals surface area contributed by atoms with E-state index < -0.39 is 5.92 Å². The fourth-order valence-corrected chi connectivity index (χ4v) is 1.91. The lowest BCUT2D eigenvalue weighted by molar-refractivity contribution is -0.0308. The Kier molecular flexibility index (Phi) is 2.09. The van der Waals surface area contributed by atoms with Crippen molar-refractivity contribution < 1.29 is 8.78 Å². The van der Waals surface area contributed by atoms with Gasteiger partial charge in [0.15, 0.2) is 0 Å². The number of rotatable bonds is 0. The molecule has 0 aliphatic heterocycles. The van der Waals surface area contributed by atoms with Crippen molar-refractivity contribution in [1.29, 1.82) is 0 Å². The standard InChI is InChI=1S/C6H9BrF2/c7-5-2-1-3-6(8,9)4-5/h5H,1-4H2. The first-order valence-electron chi connectivity index (χ1n) is 3.12. The van der Waals surface area contributed by atoms with Crippen molar-refractivity contribution in [2.24, 2.45) is 0 Å². The molecule has 1 saturated carbocycles. The van der Waals surface area contributed by atoms with Gasteiger partial charge in [0, 0.05) is 17.7 Å². The zero-order valence-corrected chi connectivity index (χ0v) is 6.63. The van der Waals surface area contributed by atoms with E-state index in [0.717, 1.165) is 6.42 Å². The van der Waals surface area contributed by atoms with Crippen molar-refractivity contribution in [3.8, 4) is 0 Å². The highest BCUT2D eigenvalue weighted by molar-refractivity contribution is 9.09. The molecule has 0 spiro atoms. The second kappa shape index (κ2) is 2.52. The molecule has 0 aromatic carbocycles. The first-order chi connectivity index (χ1) is 4.10. The average Bonchev–Trinajstić information content (AvgIpc) is 1.60. The average molecular weight is 199 g/mol. The minimum Gasteiger partial charge on any atom is -0.207 e. The Morgan fingerprint density at radius 2 is 2.11 bits per heavy atom. The summed E-state index contributed by atoms with van der Waals surface area (Å²) in [7, 11) is 0. The molecule has 1 aliphatic rings. The molecular weight excluding hydrogens is 190 g/mol. The van der Waals surface area contributed by atoms with Gasteiger partial charge in [-0.05, 0) is 12.8 Å². The predicted octanol–water partition coefficient (Wildman–Crippen LogP) is 2.96. The fourth-order valence-electron chi connectivity index (χ4n) is 1.11. The van der Waals surface area contributed by atoms with Gasteiger partial charge in [0.2, 0.25) is 5.92 Å². The summed E-state index contributed by atoms with van der Waals surface area (Å²) >= 11 is 3.18. The minimum absolute atomic E-state index is 0.0208. The van der Waals surface area contributed by atoms with E-state index in [-0.39, 0.29) is 17.7 Å². The summed E-state index contributed by atoms with van der Waals surface area (Å²) in [6, 6.07) is 0. The molecule has 9 heavy (non-hydrogen) atoms. The van der Waals surface area contributed by atoms with E-state index in [4.69, 9.17) is 0 Å². The van der Waals surface area contributed by atoms with Crippen molar-refractivity contribution in [3.63, 3.8) is 0 Å². The largest absolute Gasteiger partial charge is 0.249 e. The van der Waals surface area contributed by atoms with E-state index in [1.165, 1.54) is 0 Å². The molecule has 0 N–H and O–H groups in total. The molecule has 1 fully saturated rings. The third-order valence-electron chi connectivity index (χ3n) is 1.58. The molecule has 0 bridgehead atoms. The number of hydrogen-bond donors (Lipinski definition) is 0. The Morgan fingerprint density at radius 1 is 1.44 bits per heavy atom. The molecule has 1 rings (SSSR count). The van der Waals surface area contributed by atoms with Crippen LogP contribution in [-0.2, 0) is 0 Å². The maximum absolute atomic E-state index is 12.4. The van der Waals surface area contributed by atoms with Crippen LogP contribution in [0, 0.1) is 0 Å². The molecule has 0 amide bonds. The first-order valence-corrected chi connectivity index (χ1v) is 4.04. The minimum atomic E-state index is -2.40. The van der Waals surface area contributed by atoms with Gasteiger partial charge < -0.3 is 0 Å². The maximum Gasteiger partial charge on any atom is 0.249 e. The smallest absolute Gasteiger partial charge is 0.207 e. The Balaban J connectivity index is 2.41. The third-order valence-corrected chi connectivity index (χ3v) is 2.36. The van der Waals surface area contributed by atoms with Crippen LogP contribution in [0.3, 0.4) is 0 Å². The van der Waals surface area contributed by atoms with Crippen molar-refractivity contribution in [1.82, 2.24) is 0 Å². The van der Waals surface area contributed by atoms with Crippen LogP contribution in [-0.4, -0.2) is 10.7 Å². The molecule has 0 aromatic heterocycles. The van der Waals surface area contributed by atoms with Crippen LogP contribution in [0.1, 0.15) is 25.7 Å². The van der Waals surface area contributed by atoms with Gasteiger partial charge in [0.1, 0.15) is 0 Å². The van der Waals surface area contributed by atoms with Gasteiger partial charge in [-0.1, -0.05) is 15.9 Å². The van der Waals surface area contributed by atoms with E-state index in [0.29, 0.717) is 6.42 Å². The zero-order valence-electron chi connectivity index (χ0n) is 5.04. The highest BCUT2D eigenvalue weighted by atomic mass is 79.9. The second-order valence-electron chi connectivity index (χ2n) is 2.55. The molecule has 1 unspecified atom stereocenters. The third kappa shape index (κ3) is 2.20. The summed E-state index contributed by atoms with van der Waals surface area (Å²) in [5.74, 6) is -2.40. The highest BCUT2D eigenvalue weighted by Gasteiger charge is 2.34. The van der Waals surface area contributed by atoms with E-state index >= 15 is 0 Å². The molecule has 54 valence electrons. The Hall–Kier alpha value is 0.340. The van der Waals surface area contributed by atoms with Gasteiger partial charge in [-0.2, -0.15) is 0 Å². The Morgan fingerprint density at radius 3 is 2.44 bits per heavy atom. The van der Waals surface area contributed by atoms with E-state index in [1.807, 2.05) is 0 Å². The van der Waals surface area contributed by atoms with Gasteiger partial charge in [-0.3, -0.25) is 0 Å². The first kappa shape index (κ1) is 7.45. The predicted molar refractivity (Wildman–Crippen MR) is 36.1 cm³/mol. The number of hydrogen-bond acceptors (Lipinski definition) is 0. The summed E-state index contributed by atoms with van der Waals surface area (Å²) in [6.45, 7) is 0. The van der Waals surface area contributed by atoms with E-state index in [1.54, 1.807) is 0 Å². The van der Waals surface area contributed by atoms with Crippen LogP contribution in [0.5, 0.6) is 0 Å². The Bertz CT molecular complexity index is 103. The molecule has 0 aromatic rings. The molecule has 0 radical (unpaired) electrons. The maximum atomic E-state index is 12.4. The quantitative estimate of drug-likeness (QED) is 0.526. The highest BCUT2D eigenvalue weighted by Crippen LogP contribution is 2.36. The lowest BCUT2D eigenvalue weighted by atomic mass is 9.97. The van der Waals surface area contributed by atoms with Crippen LogP contribution in [0.15, 0.2) is 0 Å². The number of alkyl halides is 3. The van der Waals surface area contributed by atoms with Crippen LogP contribution in [0.4, 0.5) is 8.78 Å². The van der Waals surface area contributed by atoms with Gasteiger partial charge in [-0.15, -0.1) is 0 Å². The molecule has 0 saturated heterocycles. The molecule has 0 nitrogen and oxygen atoms in total. The number of halogens is 3. The van der Waals surface area contributed by atoms with Crippen molar-refractivity contribution in [2.45, 2.75) is 36.4 Å². The summed E-state index contributed by atoms with van der Waals surface area (Å²) < 4.78 is 24.8. The SMILES string of the molecule is FC1(F)CCCC(Br)C1. The van der Waals surface area contributed by atoms with E-state index in [9.17, 15) is 8.78 Å². The lowest BCUT2D eigenvalue weighted by Gasteiger charge is -2.24. The van der Waals surface area contributed by atoms with Crippen LogP contribution in [0.25, 0.3) is 0 Å². The molecular formula is C6H9BrF2. The fraction of sp³-hybridized carbons (Fsp3) is 1.00. The normalized spacial score (nSPS) is 34.3. The topological polar surface area (TPSA) is 0 Å². The van der Waals surface area contributed by atoms with Crippen LogP contribution in [0.2, 0.25) is 0 Å². The van der Waals surface area contributed by atoms with Gasteiger partial charge in [0.25, 0.3) is 0 Å². The molecule has 1 atom stereocenters. The zero-order chi connectivity index (χ0) is 6.91. The summed E-state index contributed by atoms with van der Waals surface area (Å²) in [6.07, 6.45) is 1.65. The van der Waals surface area contributed by atoms with Crippen LogP contribution < -0.4 is 0 Å². The van der Waals surface area contributed by atoms with Crippen molar-refractivity contribution in [2.75, 3.05) is 0 Å². The van der Waals surface area contributed by atoms with Gasteiger partial charge in [0.05, 0.1) is 0 Å². The van der Waals surface area contributed by atoms with Crippen LogP contribution >= 0.6 is 15.9 Å². The van der Waals surface area contributed by atoms with Crippen molar-refractivity contribution in [3.05, 3.63) is 0 Å². The summed E-state index contributed by atoms with van der Waals surface area (Å²) in [5, 5.41) is 0. The molecule has 1 aliphatic carbocycles. The Labute approximate surface area is 61.8 Å². The second-order valence-corrected chi connectivity index (χ2v) is 3.84. The summed E-state index contributed by atoms with van der Waals surface area (Å²) in [4.78, 5) is 0.0428. The van der Waals surface area contributed by atoms with Crippen molar-refractivity contribution >= 4 is 15.9 Å². The molecule has 0 heterocycles. The summed E-state index contributed by atoms with van der Waals surface area (Å²) in [5.41, 5.74) is 0. The lowest BCUT2D eigenvalue weighted by Crippen LogP contribution is -2.25. The monoisotopic (exact) mass is 198 g/mol. The van der Waals surface area contributed by atoms with Gasteiger partial charge in [-0.25, -0.2) is 8.78 Å².